The van der Waals surface area contributed by atoms with Gasteiger partial charge in [0.25, 0.3) is 5.56 Å². The molecule has 1 rings (SSSR count). The number of hydrogen-bond donors (Lipinski definition) is 3. The van der Waals surface area contributed by atoms with Crippen LogP contribution < -0.4 is 11.2 Å². The Morgan fingerprint density at radius 3 is 2.50 bits per heavy atom. The third kappa shape index (κ3) is 2.09. The largest absolute Gasteiger partial charge is 0.481 e. The van der Waals surface area contributed by atoms with Crippen molar-refractivity contribution in [3.8, 4) is 0 Å². The van der Waals surface area contributed by atoms with Gasteiger partial charge >= 0.3 is 11.7 Å². The van der Waals surface area contributed by atoms with Gasteiger partial charge in [0.15, 0.2) is 0 Å². The molecule has 0 spiro atoms. The smallest absolute Gasteiger partial charge is 0.325 e. The molecule has 1 aromatic heterocycles. The van der Waals surface area contributed by atoms with Crippen molar-refractivity contribution in [2.75, 3.05) is 0 Å². The highest BCUT2D eigenvalue weighted by Crippen LogP contribution is 1.99. The van der Waals surface area contributed by atoms with E-state index in [4.69, 9.17) is 5.11 Å². The quantitative estimate of drug-likeness (QED) is 0.594. The van der Waals surface area contributed by atoms with Crippen LogP contribution in [0.25, 0.3) is 0 Å². The Balaban J connectivity index is 3.32. The number of carbonyl (C=O) groups is 1. The fourth-order valence-electron chi connectivity index (χ4n) is 1.20. The van der Waals surface area contributed by atoms with Crippen molar-refractivity contribution in [1.29, 1.82) is 0 Å². The van der Waals surface area contributed by atoms with Crippen LogP contribution in [0.1, 0.15) is 18.2 Å². The summed E-state index contributed by atoms with van der Waals surface area (Å²) in [5, 5.41) is 8.54. The third-order valence-electron chi connectivity index (χ3n) is 1.81. The molecule has 14 heavy (non-hydrogen) atoms. The summed E-state index contributed by atoms with van der Waals surface area (Å²) in [6, 6.07) is 0. The van der Waals surface area contributed by atoms with Gasteiger partial charge in [-0.05, 0) is 6.42 Å². The number of carboxylic acid groups (broad SMARTS) is 1. The Kier molecular flexibility index (Phi) is 2.85. The number of hydrogen-bond acceptors (Lipinski definition) is 3. The lowest BCUT2D eigenvalue weighted by molar-refractivity contribution is -0.136. The molecule has 0 saturated carbocycles. The summed E-state index contributed by atoms with van der Waals surface area (Å²) in [5.41, 5.74) is -0.755. The molecule has 1 heterocycles. The van der Waals surface area contributed by atoms with Crippen molar-refractivity contribution in [3.05, 3.63) is 32.1 Å². The lowest BCUT2D eigenvalue weighted by Crippen LogP contribution is -2.29. The van der Waals surface area contributed by atoms with Crippen molar-refractivity contribution in [2.45, 2.75) is 19.8 Å². The van der Waals surface area contributed by atoms with Crippen molar-refractivity contribution in [1.82, 2.24) is 9.97 Å². The molecule has 76 valence electrons. The maximum absolute atomic E-state index is 11.2. The lowest BCUT2D eigenvalue weighted by Gasteiger charge is -2.02. The standard InChI is InChI=1S/C8H10N2O4/c1-2-5-4(3-6(11)12)7(13)10-8(14)9-5/h2-3H2,1H3,(H,11,12)(H2,9,10,13,14). The summed E-state index contributed by atoms with van der Waals surface area (Å²) < 4.78 is 0. The topological polar surface area (TPSA) is 103 Å². The van der Waals surface area contributed by atoms with Crippen LogP contribution in [0, 0.1) is 0 Å². The molecule has 3 N–H and O–H groups in total. The number of nitrogens with one attached hydrogen (secondary N) is 2. The number of aryl methyl sites for hydroxylation is 1. The van der Waals surface area contributed by atoms with Crippen molar-refractivity contribution in [2.24, 2.45) is 0 Å². The van der Waals surface area contributed by atoms with E-state index in [1.807, 2.05) is 4.98 Å². The highest BCUT2D eigenvalue weighted by molar-refractivity contribution is 5.70. The molecule has 6 nitrogen and oxygen atoms in total. The highest BCUT2D eigenvalue weighted by atomic mass is 16.4. The normalized spacial score (nSPS) is 10.1. The molecule has 0 radical (unpaired) electrons. The number of rotatable bonds is 3. The number of aliphatic carboxylic acids is 1. The average molecular weight is 198 g/mol. The average Bonchev–Trinajstić information content (AvgIpc) is 2.08. The zero-order valence-electron chi connectivity index (χ0n) is 7.59. The first kappa shape index (κ1) is 10.2. The van der Waals surface area contributed by atoms with Gasteiger partial charge in [-0.2, -0.15) is 0 Å². The molecule has 0 atom stereocenters. The summed E-state index contributed by atoms with van der Waals surface area (Å²) in [7, 11) is 0. The SMILES string of the molecule is CCc1[nH]c(=O)[nH]c(=O)c1CC(=O)O. The van der Waals surface area contributed by atoms with Gasteiger partial charge in [0.2, 0.25) is 0 Å². The Hall–Kier alpha value is -1.85. The van der Waals surface area contributed by atoms with Crippen molar-refractivity contribution >= 4 is 5.97 Å². The monoisotopic (exact) mass is 198 g/mol. The summed E-state index contributed by atoms with van der Waals surface area (Å²) in [4.78, 5) is 36.9. The molecule has 0 aromatic carbocycles. The number of H-pyrrole nitrogens is 2. The minimum absolute atomic E-state index is 0.111. The fourth-order valence-corrected chi connectivity index (χ4v) is 1.20. The lowest BCUT2D eigenvalue weighted by atomic mass is 10.1. The summed E-state index contributed by atoms with van der Waals surface area (Å²) in [5.74, 6) is -1.10. The summed E-state index contributed by atoms with van der Waals surface area (Å²) in [6.07, 6.45) is 0.0387. The minimum Gasteiger partial charge on any atom is -0.481 e. The molecule has 0 aliphatic carbocycles. The second kappa shape index (κ2) is 3.91. The van der Waals surface area contributed by atoms with Gasteiger partial charge in [-0.1, -0.05) is 6.92 Å². The Morgan fingerprint density at radius 2 is 2.00 bits per heavy atom. The molecule has 0 saturated heterocycles. The van der Waals surface area contributed by atoms with E-state index in [2.05, 4.69) is 4.98 Å². The van der Waals surface area contributed by atoms with Crippen molar-refractivity contribution < 1.29 is 9.90 Å². The predicted octanol–water partition coefficient (Wildman–Crippen LogP) is -0.747. The molecule has 0 bridgehead atoms. The van der Waals surface area contributed by atoms with Crippen LogP contribution in [0.5, 0.6) is 0 Å². The highest BCUT2D eigenvalue weighted by Gasteiger charge is 2.11. The molecule has 6 heteroatoms. The molecule has 0 amide bonds. The van der Waals surface area contributed by atoms with Crippen LogP contribution in [0.2, 0.25) is 0 Å². The second-order valence-electron chi connectivity index (χ2n) is 2.79. The Morgan fingerprint density at radius 1 is 1.36 bits per heavy atom. The predicted molar refractivity (Wildman–Crippen MR) is 48.4 cm³/mol. The van der Waals surface area contributed by atoms with Crippen LogP contribution in [-0.4, -0.2) is 21.0 Å². The molecular formula is C8H10N2O4. The van der Waals surface area contributed by atoms with Crippen LogP contribution in [0.15, 0.2) is 9.59 Å². The van der Waals surface area contributed by atoms with Gasteiger partial charge < -0.3 is 10.1 Å². The van der Waals surface area contributed by atoms with Crippen LogP contribution in [-0.2, 0) is 17.6 Å². The van der Waals surface area contributed by atoms with Gasteiger partial charge in [0.05, 0.1) is 6.42 Å². The zero-order valence-corrected chi connectivity index (χ0v) is 7.59. The van der Waals surface area contributed by atoms with Crippen LogP contribution in [0.4, 0.5) is 0 Å². The molecule has 0 aliphatic rings. The molecular weight excluding hydrogens is 188 g/mol. The maximum atomic E-state index is 11.2. The summed E-state index contributed by atoms with van der Waals surface area (Å²) in [6.45, 7) is 1.73. The zero-order chi connectivity index (χ0) is 10.7. The number of carboxylic acids is 1. The first-order valence-electron chi connectivity index (χ1n) is 4.10. The van der Waals surface area contributed by atoms with Crippen LogP contribution >= 0.6 is 0 Å². The first-order valence-corrected chi connectivity index (χ1v) is 4.10. The van der Waals surface area contributed by atoms with E-state index >= 15 is 0 Å². The minimum atomic E-state index is -1.10. The van der Waals surface area contributed by atoms with E-state index in [-0.39, 0.29) is 12.0 Å². The summed E-state index contributed by atoms with van der Waals surface area (Å²) >= 11 is 0. The Bertz CT molecular complexity index is 457. The van der Waals surface area contributed by atoms with Crippen LogP contribution in [0.3, 0.4) is 0 Å². The van der Waals surface area contributed by atoms with E-state index in [1.165, 1.54) is 0 Å². The fraction of sp³-hybridized carbons (Fsp3) is 0.375. The van der Waals surface area contributed by atoms with Crippen molar-refractivity contribution in [3.63, 3.8) is 0 Å². The third-order valence-corrected chi connectivity index (χ3v) is 1.81. The maximum Gasteiger partial charge on any atom is 0.325 e. The van der Waals surface area contributed by atoms with E-state index in [0.29, 0.717) is 12.1 Å². The van der Waals surface area contributed by atoms with Gasteiger partial charge in [-0.15, -0.1) is 0 Å². The molecule has 0 aliphatic heterocycles. The number of aromatic amines is 2. The van der Waals surface area contributed by atoms with E-state index in [9.17, 15) is 14.4 Å². The first-order chi connectivity index (χ1) is 6.54. The van der Waals surface area contributed by atoms with Gasteiger partial charge in [0, 0.05) is 11.3 Å². The van der Waals surface area contributed by atoms with Gasteiger partial charge in [-0.25, -0.2) is 4.79 Å². The number of aromatic nitrogens is 2. The molecule has 0 unspecified atom stereocenters. The Labute approximate surface area is 78.6 Å². The molecule has 0 fully saturated rings. The van der Waals surface area contributed by atoms with E-state index < -0.39 is 17.2 Å². The van der Waals surface area contributed by atoms with E-state index in [0.717, 1.165) is 0 Å². The van der Waals surface area contributed by atoms with E-state index in [1.54, 1.807) is 6.92 Å². The second-order valence-corrected chi connectivity index (χ2v) is 2.79. The van der Waals surface area contributed by atoms with Gasteiger partial charge in [0.1, 0.15) is 0 Å². The molecule has 1 aromatic rings. The van der Waals surface area contributed by atoms with Gasteiger partial charge in [-0.3, -0.25) is 14.6 Å².